The van der Waals surface area contributed by atoms with Gasteiger partial charge in [-0.3, -0.25) is 10.1 Å². The van der Waals surface area contributed by atoms with E-state index in [1.54, 1.807) is 11.4 Å². The first-order valence-electron chi connectivity index (χ1n) is 10.6. The van der Waals surface area contributed by atoms with E-state index in [4.69, 9.17) is 23.2 Å². The van der Waals surface area contributed by atoms with E-state index in [2.05, 4.69) is 10.3 Å². The first kappa shape index (κ1) is 26.1. The fraction of sp³-hybridized carbons (Fsp3) is 0.364. The summed E-state index contributed by atoms with van der Waals surface area (Å²) >= 11 is 14.7. The Hall–Kier alpha value is -1.49. The number of nitrogens with zero attached hydrogens (tertiary/aromatic N) is 2. The molecule has 6 nitrogen and oxygen atoms in total. The predicted octanol–water partition coefficient (Wildman–Crippen LogP) is 7.02. The molecule has 3 aromatic rings. The fourth-order valence-corrected chi connectivity index (χ4v) is 6.79. The second kappa shape index (κ2) is 11.8. The lowest BCUT2D eigenvalue weighted by Crippen LogP contribution is -2.33. The Morgan fingerprint density at radius 2 is 1.73 bits per heavy atom. The number of hydrogen-bond donors (Lipinski definition) is 1. The van der Waals surface area contributed by atoms with Crippen LogP contribution in [0.15, 0.2) is 40.6 Å². The van der Waals surface area contributed by atoms with Gasteiger partial charge < -0.3 is 0 Å². The van der Waals surface area contributed by atoms with Gasteiger partial charge in [0, 0.05) is 29.6 Å². The molecule has 1 aromatic carbocycles. The van der Waals surface area contributed by atoms with Crippen molar-refractivity contribution in [2.45, 2.75) is 44.4 Å². The van der Waals surface area contributed by atoms with Crippen molar-refractivity contribution in [3.63, 3.8) is 0 Å². The van der Waals surface area contributed by atoms with Crippen molar-refractivity contribution in [3.05, 3.63) is 49.9 Å². The molecule has 3 rings (SSSR count). The molecule has 11 heteroatoms. The molecule has 0 aliphatic heterocycles. The minimum atomic E-state index is -3.61. The number of nitrogens with one attached hydrogen (secondary N) is 1. The topological polar surface area (TPSA) is 79.4 Å². The number of anilines is 1. The number of benzene rings is 1. The van der Waals surface area contributed by atoms with E-state index in [1.807, 2.05) is 13.8 Å². The molecule has 0 saturated heterocycles. The molecule has 0 aliphatic rings. The highest BCUT2D eigenvalue weighted by Gasteiger charge is 2.24. The molecule has 2 heterocycles. The van der Waals surface area contributed by atoms with Gasteiger partial charge in [0.15, 0.2) is 5.13 Å². The van der Waals surface area contributed by atoms with E-state index in [0.29, 0.717) is 43.7 Å². The second-order valence-corrected chi connectivity index (χ2v) is 12.4. The monoisotopic (exact) mass is 545 g/mol. The number of halogens is 2. The van der Waals surface area contributed by atoms with Crippen LogP contribution in [0.2, 0.25) is 8.67 Å². The summed E-state index contributed by atoms with van der Waals surface area (Å²) in [4.78, 5) is 17.3. The predicted molar refractivity (Wildman–Crippen MR) is 138 cm³/mol. The number of thiazole rings is 1. The number of hydrogen-bond acceptors (Lipinski definition) is 6. The van der Waals surface area contributed by atoms with Gasteiger partial charge in [0.25, 0.3) is 5.91 Å². The molecule has 0 fully saturated rings. The molecule has 1 N–H and O–H groups in total. The van der Waals surface area contributed by atoms with Crippen molar-refractivity contribution in [3.8, 4) is 11.3 Å². The Labute approximate surface area is 212 Å². The summed E-state index contributed by atoms with van der Waals surface area (Å²) < 4.78 is 28.8. The van der Waals surface area contributed by atoms with Gasteiger partial charge in [-0.15, -0.1) is 22.7 Å². The normalized spacial score (nSPS) is 11.8. The Morgan fingerprint density at radius 3 is 2.27 bits per heavy atom. The summed E-state index contributed by atoms with van der Waals surface area (Å²) in [6.07, 6.45) is 3.45. The zero-order valence-corrected chi connectivity index (χ0v) is 22.3. The maximum absolute atomic E-state index is 13.1. The van der Waals surface area contributed by atoms with Crippen LogP contribution in [-0.2, 0) is 10.0 Å². The standard InChI is InChI=1S/C22H25Cl2N3O3S3/c1-3-5-11-27(12-6-4-2)33(29,30)16-9-7-15(8-10-16)21(28)26-22-25-18(14-31-22)17-13-19(23)32-20(17)24/h7-10,13-14H,3-6,11-12H2,1-2H3,(H,25,26,28). The number of amides is 1. The number of carbonyl (C=O) groups is 1. The molecule has 33 heavy (non-hydrogen) atoms. The van der Waals surface area contributed by atoms with Crippen molar-refractivity contribution in [1.82, 2.24) is 9.29 Å². The fourth-order valence-electron chi connectivity index (χ4n) is 3.09. The molecular formula is C22H25Cl2N3O3S3. The van der Waals surface area contributed by atoms with E-state index in [1.165, 1.54) is 51.2 Å². The number of thiophene rings is 1. The van der Waals surface area contributed by atoms with Gasteiger partial charge in [-0.05, 0) is 43.2 Å². The average molecular weight is 547 g/mol. The molecule has 0 saturated carbocycles. The van der Waals surface area contributed by atoms with Crippen molar-refractivity contribution in [2.75, 3.05) is 18.4 Å². The second-order valence-electron chi connectivity index (χ2n) is 7.37. The van der Waals surface area contributed by atoms with E-state index < -0.39 is 10.0 Å². The number of unbranched alkanes of at least 4 members (excludes halogenated alkanes) is 2. The van der Waals surface area contributed by atoms with Crippen LogP contribution in [-0.4, -0.2) is 36.7 Å². The smallest absolute Gasteiger partial charge is 0.257 e. The summed E-state index contributed by atoms with van der Waals surface area (Å²) in [5.41, 5.74) is 1.69. The minimum Gasteiger partial charge on any atom is -0.298 e. The van der Waals surface area contributed by atoms with Gasteiger partial charge in [0.05, 0.1) is 14.9 Å². The van der Waals surface area contributed by atoms with Crippen LogP contribution in [0.4, 0.5) is 5.13 Å². The number of aromatic nitrogens is 1. The lowest BCUT2D eigenvalue weighted by atomic mass is 10.2. The molecular weight excluding hydrogens is 521 g/mol. The lowest BCUT2D eigenvalue weighted by Gasteiger charge is -2.22. The van der Waals surface area contributed by atoms with Crippen LogP contribution in [0, 0.1) is 0 Å². The molecule has 2 aromatic heterocycles. The van der Waals surface area contributed by atoms with Crippen molar-refractivity contribution in [2.24, 2.45) is 0 Å². The van der Waals surface area contributed by atoms with E-state index in [0.717, 1.165) is 25.7 Å². The highest BCUT2D eigenvalue weighted by Crippen LogP contribution is 2.39. The van der Waals surface area contributed by atoms with Crippen molar-refractivity contribution >= 4 is 66.9 Å². The van der Waals surface area contributed by atoms with Crippen LogP contribution in [0.3, 0.4) is 0 Å². The van der Waals surface area contributed by atoms with E-state index in [-0.39, 0.29) is 10.8 Å². The zero-order chi connectivity index (χ0) is 24.0. The van der Waals surface area contributed by atoms with Gasteiger partial charge in [0.1, 0.15) is 4.34 Å². The van der Waals surface area contributed by atoms with Gasteiger partial charge in [0.2, 0.25) is 10.0 Å². The third-order valence-electron chi connectivity index (χ3n) is 4.93. The first-order chi connectivity index (χ1) is 15.8. The average Bonchev–Trinajstić information content (AvgIpc) is 3.38. The molecule has 0 spiro atoms. The van der Waals surface area contributed by atoms with Crippen LogP contribution in [0.1, 0.15) is 49.9 Å². The molecule has 0 radical (unpaired) electrons. The van der Waals surface area contributed by atoms with Crippen molar-refractivity contribution in [1.29, 1.82) is 0 Å². The van der Waals surface area contributed by atoms with Crippen LogP contribution < -0.4 is 5.32 Å². The molecule has 0 aliphatic carbocycles. The molecule has 0 atom stereocenters. The third kappa shape index (κ3) is 6.55. The highest BCUT2D eigenvalue weighted by molar-refractivity contribution is 7.89. The number of carbonyl (C=O) groups excluding carboxylic acids is 1. The number of sulfonamides is 1. The molecule has 1 amide bonds. The van der Waals surface area contributed by atoms with E-state index >= 15 is 0 Å². The minimum absolute atomic E-state index is 0.187. The highest BCUT2D eigenvalue weighted by atomic mass is 35.5. The Morgan fingerprint density at radius 1 is 1.09 bits per heavy atom. The van der Waals surface area contributed by atoms with Crippen LogP contribution in [0.5, 0.6) is 0 Å². The largest absolute Gasteiger partial charge is 0.298 e. The maximum Gasteiger partial charge on any atom is 0.257 e. The molecule has 178 valence electrons. The van der Waals surface area contributed by atoms with Crippen LogP contribution >= 0.6 is 45.9 Å². The first-order valence-corrected chi connectivity index (χ1v) is 14.5. The van der Waals surface area contributed by atoms with Gasteiger partial charge >= 0.3 is 0 Å². The maximum atomic E-state index is 13.1. The Bertz CT molecular complexity index is 1180. The van der Waals surface area contributed by atoms with Gasteiger partial charge in [-0.1, -0.05) is 49.9 Å². The summed E-state index contributed by atoms with van der Waals surface area (Å²) in [5.74, 6) is -0.372. The van der Waals surface area contributed by atoms with Gasteiger partial charge in [-0.25, -0.2) is 13.4 Å². The Balaban J connectivity index is 1.71. The summed E-state index contributed by atoms with van der Waals surface area (Å²) in [5, 5.41) is 4.95. The third-order valence-corrected chi connectivity index (χ3v) is 9.09. The SMILES string of the molecule is CCCCN(CCCC)S(=O)(=O)c1ccc(C(=O)Nc2nc(-c3cc(Cl)sc3Cl)cs2)cc1. The van der Waals surface area contributed by atoms with Crippen molar-refractivity contribution < 1.29 is 13.2 Å². The van der Waals surface area contributed by atoms with Crippen LogP contribution in [0.25, 0.3) is 11.3 Å². The quantitative estimate of drug-likeness (QED) is 0.280. The summed E-state index contributed by atoms with van der Waals surface area (Å²) in [6.45, 7) is 5.06. The lowest BCUT2D eigenvalue weighted by molar-refractivity contribution is 0.102. The summed E-state index contributed by atoms with van der Waals surface area (Å²) in [7, 11) is -3.61. The summed E-state index contributed by atoms with van der Waals surface area (Å²) in [6, 6.07) is 7.73. The van der Waals surface area contributed by atoms with Gasteiger partial charge in [-0.2, -0.15) is 4.31 Å². The Kier molecular flexibility index (Phi) is 9.32. The molecule has 0 unspecified atom stereocenters. The molecule has 0 bridgehead atoms. The number of rotatable bonds is 11. The zero-order valence-electron chi connectivity index (χ0n) is 18.3. The van der Waals surface area contributed by atoms with E-state index in [9.17, 15) is 13.2 Å².